The standard InChI is InChI=1S/C33H46N2O5S/c1-6-8-9-13-17-40-32(39)27-26-19-23(5)33(41-26)28(27)30(37)35(25(21-36)18-22(3)4)29(33)31(38)34(16-7-2)20-24-14-11-10-12-15-24/h6-7,10-12,14-15,22-23,25-29,36H,1-2,8-9,13,16-21H2,3-5H3/t23?,25-,26+,27-,28+,29?,33?/m1/s1. The van der Waals surface area contributed by atoms with E-state index in [1.807, 2.05) is 50.3 Å². The number of likely N-dealkylation sites (tertiary alicyclic amines) is 1. The quantitative estimate of drug-likeness (QED) is 0.181. The second-order valence-corrected chi connectivity index (χ2v) is 13.8. The fourth-order valence-electron chi connectivity index (χ4n) is 7.25. The number of unbranched alkanes of at least 4 members (excludes halogenated alkanes) is 2. The molecule has 3 aliphatic heterocycles. The molecule has 0 radical (unpaired) electrons. The second-order valence-electron chi connectivity index (χ2n) is 12.2. The van der Waals surface area contributed by atoms with Gasteiger partial charge in [-0.05, 0) is 49.5 Å². The van der Waals surface area contributed by atoms with E-state index in [9.17, 15) is 19.5 Å². The maximum Gasteiger partial charge on any atom is 0.310 e. The lowest BCUT2D eigenvalue weighted by Gasteiger charge is -2.42. The minimum absolute atomic E-state index is 0.0442. The number of carbonyl (C=O) groups excluding carboxylic acids is 3. The summed E-state index contributed by atoms with van der Waals surface area (Å²) in [6.07, 6.45) is 7.37. The lowest BCUT2D eigenvalue weighted by molar-refractivity contribution is -0.155. The minimum atomic E-state index is -0.782. The van der Waals surface area contributed by atoms with Gasteiger partial charge < -0.3 is 19.6 Å². The predicted molar refractivity (Wildman–Crippen MR) is 163 cm³/mol. The Morgan fingerprint density at radius 2 is 1.95 bits per heavy atom. The zero-order chi connectivity index (χ0) is 29.7. The van der Waals surface area contributed by atoms with Gasteiger partial charge in [-0.25, -0.2) is 0 Å². The number of esters is 1. The first-order valence-corrected chi connectivity index (χ1v) is 15.9. The molecule has 1 aromatic carbocycles. The van der Waals surface area contributed by atoms with E-state index in [1.54, 1.807) is 27.6 Å². The van der Waals surface area contributed by atoms with Crippen molar-refractivity contribution in [3.63, 3.8) is 0 Å². The molecular formula is C33H46N2O5S. The second kappa shape index (κ2) is 13.6. The van der Waals surface area contributed by atoms with E-state index >= 15 is 0 Å². The molecular weight excluding hydrogens is 536 g/mol. The van der Waals surface area contributed by atoms with Gasteiger partial charge in [0.25, 0.3) is 0 Å². The first-order chi connectivity index (χ1) is 19.7. The molecule has 0 saturated carbocycles. The Morgan fingerprint density at radius 1 is 1.22 bits per heavy atom. The number of thioether (sulfide) groups is 1. The van der Waals surface area contributed by atoms with Crippen molar-refractivity contribution in [2.24, 2.45) is 23.7 Å². The largest absolute Gasteiger partial charge is 0.465 e. The van der Waals surface area contributed by atoms with Crippen LogP contribution in [0, 0.1) is 23.7 Å². The molecule has 224 valence electrons. The molecule has 3 aliphatic rings. The van der Waals surface area contributed by atoms with E-state index in [1.165, 1.54) is 0 Å². The normalized spacial score (nSPS) is 29.0. The van der Waals surface area contributed by atoms with Gasteiger partial charge in [-0.2, -0.15) is 0 Å². The Hall–Kier alpha value is -2.58. The van der Waals surface area contributed by atoms with E-state index < -0.39 is 28.7 Å². The van der Waals surface area contributed by atoms with Crippen molar-refractivity contribution in [3.8, 4) is 0 Å². The van der Waals surface area contributed by atoms with Gasteiger partial charge in [0, 0.05) is 18.3 Å². The van der Waals surface area contributed by atoms with Gasteiger partial charge in [0.2, 0.25) is 11.8 Å². The number of ether oxygens (including phenoxy) is 1. The van der Waals surface area contributed by atoms with Crippen LogP contribution in [0.15, 0.2) is 55.6 Å². The van der Waals surface area contributed by atoms with Gasteiger partial charge in [0.15, 0.2) is 0 Å². The maximum absolute atomic E-state index is 14.7. The molecule has 3 saturated heterocycles. The lowest BCUT2D eigenvalue weighted by atomic mass is 9.66. The number of hydrogen-bond acceptors (Lipinski definition) is 6. The van der Waals surface area contributed by atoms with E-state index in [-0.39, 0.29) is 41.5 Å². The number of fused-ring (bicyclic) bond motifs is 1. The van der Waals surface area contributed by atoms with E-state index in [0.717, 1.165) is 31.2 Å². The monoisotopic (exact) mass is 582 g/mol. The van der Waals surface area contributed by atoms with Crippen LogP contribution in [0.25, 0.3) is 0 Å². The van der Waals surface area contributed by atoms with Crippen LogP contribution in [0.3, 0.4) is 0 Å². The highest BCUT2D eigenvalue weighted by atomic mass is 32.2. The van der Waals surface area contributed by atoms with Gasteiger partial charge in [-0.15, -0.1) is 24.9 Å². The average molecular weight is 583 g/mol. The van der Waals surface area contributed by atoms with E-state index in [4.69, 9.17) is 4.74 Å². The lowest BCUT2D eigenvalue weighted by Crippen LogP contribution is -2.59. The molecule has 3 fully saturated rings. The molecule has 8 heteroatoms. The summed E-state index contributed by atoms with van der Waals surface area (Å²) in [5.74, 6) is -1.68. The van der Waals surface area contributed by atoms with Crippen molar-refractivity contribution >= 4 is 29.5 Å². The molecule has 1 N–H and O–H groups in total. The van der Waals surface area contributed by atoms with Crippen molar-refractivity contribution in [1.82, 2.24) is 9.80 Å². The van der Waals surface area contributed by atoms with Crippen molar-refractivity contribution in [1.29, 1.82) is 0 Å². The van der Waals surface area contributed by atoms with Crippen LogP contribution in [-0.4, -0.2) is 74.5 Å². The van der Waals surface area contributed by atoms with Crippen LogP contribution >= 0.6 is 11.8 Å². The minimum Gasteiger partial charge on any atom is -0.465 e. The number of rotatable bonds is 15. The topological polar surface area (TPSA) is 87.2 Å². The van der Waals surface area contributed by atoms with Crippen LogP contribution in [-0.2, 0) is 25.7 Å². The molecule has 1 aromatic rings. The van der Waals surface area contributed by atoms with Gasteiger partial charge in [0.05, 0.1) is 35.8 Å². The molecule has 0 aromatic heterocycles. The van der Waals surface area contributed by atoms with E-state index in [2.05, 4.69) is 20.1 Å². The molecule has 4 rings (SSSR count). The van der Waals surface area contributed by atoms with Crippen molar-refractivity contribution in [2.45, 2.75) is 81.5 Å². The van der Waals surface area contributed by atoms with Crippen molar-refractivity contribution < 1.29 is 24.2 Å². The zero-order valence-corrected chi connectivity index (χ0v) is 25.6. The van der Waals surface area contributed by atoms with Gasteiger partial charge in [-0.3, -0.25) is 14.4 Å². The SMILES string of the molecule is C=CCCCCOC(=O)[C@@H]1[C@@H]2CC(C)C3(S2)C(C(=O)N(CC=C)Cc2ccccc2)N([C@@H](CO)CC(C)C)C(=O)[C@H]13. The van der Waals surface area contributed by atoms with Crippen LogP contribution in [0.4, 0.5) is 0 Å². The molecule has 2 amide bonds. The molecule has 7 nitrogen and oxygen atoms in total. The highest BCUT2D eigenvalue weighted by Gasteiger charge is 2.77. The Bertz CT molecular complexity index is 1110. The third-order valence-corrected chi connectivity index (χ3v) is 11.0. The summed E-state index contributed by atoms with van der Waals surface area (Å²) in [7, 11) is 0. The Labute approximate surface area is 249 Å². The van der Waals surface area contributed by atoms with Crippen molar-refractivity contribution in [2.75, 3.05) is 19.8 Å². The molecule has 3 unspecified atom stereocenters. The summed E-state index contributed by atoms with van der Waals surface area (Å²) in [5.41, 5.74) is 0.989. The van der Waals surface area contributed by atoms with Crippen LogP contribution in [0.1, 0.15) is 58.4 Å². The third-order valence-electron chi connectivity index (χ3n) is 8.96. The summed E-state index contributed by atoms with van der Waals surface area (Å²) in [6, 6.07) is 8.50. The number of benzene rings is 1. The summed E-state index contributed by atoms with van der Waals surface area (Å²) in [6.45, 7) is 14.6. The molecule has 3 heterocycles. The summed E-state index contributed by atoms with van der Waals surface area (Å²) in [4.78, 5) is 46.1. The molecule has 7 atom stereocenters. The smallest absolute Gasteiger partial charge is 0.310 e. The first kappa shape index (κ1) is 31.4. The molecule has 2 bridgehead atoms. The molecule has 1 spiro atoms. The zero-order valence-electron chi connectivity index (χ0n) is 24.7. The Balaban J connectivity index is 1.72. The number of aliphatic hydroxyl groups is 1. The van der Waals surface area contributed by atoms with Crippen LogP contribution in [0.5, 0.6) is 0 Å². The Kier molecular flexibility index (Phi) is 10.4. The number of nitrogens with zero attached hydrogens (tertiary/aromatic N) is 2. The van der Waals surface area contributed by atoms with Gasteiger partial charge in [-0.1, -0.05) is 63.3 Å². The highest BCUT2D eigenvalue weighted by Crippen LogP contribution is 2.69. The predicted octanol–water partition coefficient (Wildman–Crippen LogP) is 4.84. The number of hydrogen-bond donors (Lipinski definition) is 1. The fraction of sp³-hybridized carbons (Fsp3) is 0.606. The van der Waals surface area contributed by atoms with E-state index in [0.29, 0.717) is 26.1 Å². The van der Waals surface area contributed by atoms with Gasteiger partial charge >= 0.3 is 5.97 Å². The average Bonchev–Trinajstić information content (AvgIpc) is 3.55. The maximum atomic E-state index is 14.7. The number of allylic oxidation sites excluding steroid dienone is 1. The van der Waals surface area contributed by atoms with Crippen molar-refractivity contribution in [3.05, 3.63) is 61.2 Å². The fourth-order valence-corrected chi connectivity index (χ4v) is 9.64. The number of amides is 2. The Morgan fingerprint density at radius 3 is 2.59 bits per heavy atom. The number of carbonyl (C=O) groups is 3. The van der Waals surface area contributed by atoms with Crippen LogP contribution < -0.4 is 0 Å². The molecule has 0 aliphatic carbocycles. The first-order valence-electron chi connectivity index (χ1n) is 15.0. The summed E-state index contributed by atoms with van der Waals surface area (Å²) >= 11 is 1.64. The summed E-state index contributed by atoms with van der Waals surface area (Å²) < 4.78 is 4.99. The number of aliphatic hydroxyl groups excluding tert-OH is 1. The van der Waals surface area contributed by atoms with Crippen LogP contribution in [0.2, 0.25) is 0 Å². The third kappa shape index (κ3) is 6.00. The summed E-state index contributed by atoms with van der Waals surface area (Å²) in [5, 5.41) is 10.5. The highest BCUT2D eigenvalue weighted by molar-refractivity contribution is 8.02. The van der Waals surface area contributed by atoms with Gasteiger partial charge in [0.1, 0.15) is 6.04 Å². The molecule has 41 heavy (non-hydrogen) atoms.